The third-order valence-corrected chi connectivity index (χ3v) is 2.28. The third-order valence-electron chi connectivity index (χ3n) is 1.70. The first-order chi connectivity index (χ1) is 5.22. The quantitative estimate of drug-likeness (QED) is 0.492. The zero-order valence-electron chi connectivity index (χ0n) is 7.22. The Bertz CT molecular complexity index is 225. The number of hydrogen-bond acceptors (Lipinski definition) is 1. The van der Waals surface area contributed by atoms with Crippen LogP contribution in [0.1, 0.15) is 18.9 Å². The van der Waals surface area contributed by atoms with Gasteiger partial charge in [0.05, 0.1) is 0 Å². The standard InChI is InChI=1S/C9H15NSi/c1-2-3-7-4-8(10)6-9(11)5-7/h4-6H,2-3,10H2,1,11H3. The molecule has 0 aromatic heterocycles. The Hall–Kier alpha value is -0.763. The number of benzene rings is 1. The molecular formula is C9H15NSi. The molecule has 0 spiro atoms. The Morgan fingerprint density at radius 1 is 1.36 bits per heavy atom. The van der Waals surface area contributed by atoms with Gasteiger partial charge >= 0.3 is 0 Å². The van der Waals surface area contributed by atoms with E-state index in [0.29, 0.717) is 0 Å². The number of rotatable bonds is 2. The molecule has 1 aromatic carbocycles. The van der Waals surface area contributed by atoms with Gasteiger partial charge < -0.3 is 5.73 Å². The Morgan fingerprint density at radius 3 is 2.64 bits per heavy atom. The van der Waals surface area contributed by atoms with Gasteiger partial charge in [0, 0.05) is 15.9 Å². The highest BCUT2D eigenvalue weighted by atomic mass is 28.1. The van der Waals surface area contributed by atoms with E-state index in [2.05, 4.69) is 25.1 Å². The van der Waals surface area contributed by atoms with Gasteiger partial charge in [0.25, 0.3) is 0 Å². The normalized spacial score (nSPS) is 10.3. The van der Waals surface area contributed by atoms with Crippen LogP contribution in [0.5, 0.6) is 0 Å². The van der Waals surface area contributed by atoms with Crippen molar-refractivity contribution in [3.8, 4) is 0 Å². The molecule has 1 nitrogen and oxygen atoms in total. The second kappa shape index (κ2) is 3.58. The van der Waals surface area contributed by atoms with E-state index in [4.69, 9.17) is 5.73 Å². The first-order valence-corrected chi connectivity index (χ1v) is 5.08. The van der Waals surface area contributed by atoms with Gasteiger partial charge in [-0.05, 0) is 24.1 Å². The molecule has 60 valence electrons. The minimum atomic E-state index is 0.918. The minimum absolute atomic E-state index is 0.918. The fourth-order valence-corrected chi connectivity index (χ4v) is 2.03. The second-order valence-corrected chi connectivity index (χ2v) is 4.16. The minimum Gasteiger partial charge on any atom is -0.399 e. The van der Waals surface area contributed by atoms with E-state index in [-0.39, 0.29) is 0 Å². The maximum absolute atomic E-state index is 5.71. The van der Waals surface area contributed by atoms with Gasteiger partial charge in [-0.25, -0.2) is 0 Å². The molecule has 2 N–H and O–H groups in total. The van der Waals surface area contributed by atoms with E-state index >= 15 is 0 Å². The van der Waals surface area contributed by atoms with Crippen molar-refractivity contribution in [2.24, 2.45) is 0 Å². The highest BCUT2D eigenvalue weighted by molar-refractivity contribution is 6.32. The Labute approximate surface area is 71.0 Å². The summed E-state index contributed by atoms with van der Waals surface area (Å²) in [7, 11) is 1.10. The zero-order chi connectivity index (χ0) is 8.27. The largest absolute Gasteiger partial charge is 0.399 e. The van der Waals surface area contributed by atoms with E-state index < -0.39 is 0 Å². The number of nitrogen functional groups attached to an aromatic ring is 1. The van der Waals surface area contributed by atoms with E-state index in [9.17, 15) is 0 Å². The smallest absolute Gasteiger partial charge is 0.0386 e. The van der Waals surface area contributed by atoms with Crippen LogP contribution in [0.4, 0.5) is 5.69 Å². The predicted molar refractivity (Wildman–Crippen MR) is 54.4 cm³/mol. The van der Waals surface area contributed by atoms with Crippen LogP contribution in [0.15, 0.2) is 18.2 Å². The van der Waals surface area contributed by atoms with Crippen molar-refractivity contribution in [3.05, 3.63) is 23.8 Å². The van der Waals surface area contributed by atoms with Crippen molar-refractivity contribution in [1.82, 2.24) is 0 Å². The van der Waals surface area contributed by atoms with Gasteiger partial charge in [0.15, 0.2) is 0 Å². The summed E-state index contributed by atoms with van der Waals surface area (Å²) >= 11 is 0. The van der Waals surface area contributed by atoms with E-state index in [1.54, 1.807) is 0 Å². The average Bonchev–Trinajstić information content (AvgIpc) is 1.85. The van der Waals surface area contributed by atoms with Gasteiger partial charge in [-0.2, -0.15) is 0 Å². The molecule has 0 aliphatic heterocycles. The number of hydrogen-bond donors (Lipinski definition) is 1. The van der Waals surface area contributed by atoms with Gasteiger partial charge in [-0.1, -0.05) is 24.6 Å². The predicted octanol–water partition coefficient (Wildman–Crippen LogP) is 0.212. The van der Waals surface area contributed by atoms with Crippen LogP contribution in [0.3, 0.4) is 0 Å². The average molecular weight is 165 g/mol. The molecule has 0 bridgehead atoms. The van der Waals surface area contributed by atoms with E-state index in [1.165, 1.54) is 17.2 Å². The fraction of sp³-hybridized carbons (Fsp3) is 0.333. The molecule has 0 saturated heterocycles. The lowest BCUT2D eigenvalue weighted by molar-refractivity contribution is 0.923. The van der Waals surface area contributed by atoms with E-state index in [0.717, 1.165) is 22.4 Å². The van der Waals surface area contributed by atoms with Gasteiger partial charge in [-0.15, -0.1) is 0 Å². The Morgan fingerprint density at radius 2 is 2.09 bits per heavy atom. The summed E-state index contributed by atoms with van der Waals surface area (Å²) in [5, 5.41) is 1.40. The fourth-order valence-electron chi connectivity index (χ4n) is 1.33. The SMILES string of the molecule is CCCc1cc(N)cc([SiH3])c1. The molecule has 0 radical (unpaired) electrons. The van der Waals surface area contributed by atoms with Gasteiger partial charge in [0.2, 0.25) is 0 Å². The lowest BCUT2D eigenvalue weighted by Crippen LogP contribution is -2.05. The molecule has 0 unspecified atom stereocenters. The summed E-state index contributed by atoms with van der Waals surface area (Å²) in [6, 6.07) is 6.39. The summed E-state index contributed by atoms with van der Waals surface area (Å²) in [5.74, 6) is 0. The second-order valence-electron chi connectivity index (χ2n) is 3.00. The lowest BCUT2D eigenvalue weighted by atomic mass is 10.1. The van der Waals surface area contributed by atoms with Gasteiger partial charge in [0.1, 0.15) is 0 Å². The highest BCUT2D eigenvalue weighted by Crippen LogP contribution is 2.06. The molecule has 0 atom stereocenters. The van der Waals surface area contributed by atoms with Crippen LogP contribution in [-0.4, -0.2) is 10.2 Å². The monoisotopic (exact) mass is 165 g/mol. The van der Waals surface area contributed by atoms with Crippen molar-refractivity contribution in [2.45, 2.75) is 19.8 Å². The summed E-state index contributed by atoms with van der Waals surface area (Å²) in [5.41, 5.74) is 8.02. The molecule has 0 heterocycles. The molecular weight excluding hydrogens is 150 g/mol. The number of nitrogens with two attached hydrogens (primary N) is 1. The zero-order valence-corrected chi connectivity index (χ0v) is 9.22. The molecule has 1 rings (SSSR count). The van der Waals surface area contributed by atoms with Crippen LogP contribution in [0, 0.1) is 0 Å². The summed E-state index contributed by atoms with van der Waals surface area (Å²) < 4.78 is 0. The van der Waals surface area contributed by atoms with Crippen LogP contribution in [-0.2, 0) is 6.42 Å². The Kier molecular flexibility index (Phi) is 2.71. The maximum atomic E-state index is 5.71. The number of aryl methyl sites for hydroxylation is 1. The van der Waals surface area contributed by atoms with Crippen molar-refractivity contribution in [1.29, 1.82) is 0 Å². The molecule has 11 heavy (non-hydrogen) atoms. The van der Waals surface area contributed by atoms with E-state index in [1.807, 2.05) is 0 Å². The molecule has 0 saturated carbocycles. The molecule has 0 aliphatic carbocycles. The summed E-state index contributed by atoms with van der Waals surface area (Å²) in [4.78, 5) is 0. The number of anilines is 1. The summed E-state index contributed by atoms with van der Waals surface area (Å²) in [6.45, 7) is 2.19. The van der Waals surface area contributed by atoms with Crippen molar-refractivity contribution in [3.63, 3.8) is 0 Å². The highest BCUT2D eigenvalue weighted by Gasteiger charge is 1.93. The maximum Gasteiger partial charge on any atom is 0.0386 e. The molecule has 0 fully saturated rings. The van der Waals surface area contributed by atoms with Crippen molar-refractivity contribution < 1.29 is 0 Å². The van der Waals surface area contributed by atoms with Crippen molar-refractivity contribution in [2.75, 3.05) is 5.73 Å². The van der Waals surface area contributed by atoms with Crippen LogP contribution in [0.2, 0.25) is 0 Å². The van der Waals surface area contributed by atoms with Crippen LogP contribution >= 0.6 is 0 Å². The topological polar surface area (TPSA) is 26.0 Å². The summed E-state index contributed by atoms with van der Waals surface area (Å²) in [6.07, 6.45) is 2.35. The molecule has 1 aromatic rings. The lowest BCUT2D eigenvalue weighted by Gasteiger charge is -2.02. The Balaban J connectivity index is 2.89. The van der Waals surface area contributed by atoms with Crippen LogP contribution < -0.4 is 10.9 Å². The first-order valence-electron chi connectivity index (χ1n) is 4.08. The molecule has 0 aliphatic rings. The third kappa shape index (κ3) is 2.39. The van der Waals surface area contributed by atoms with Crippen LogP contribution in [0.25, 0.3) is 0 Å². The van der Waals surface area contributed by atoms with Gasteiger partial charge in [-0.3, -0.25) is 0 Å². The van der Waals surface area contributed by atoms with Crippen molar-refractivity contribution >= 4 is 21.1 Å². The first kappa shape index (κ1) is 8.33. The molecule has 0 amide bonds. The molecule has 2 heteroatoms.